The summed E-state index contributed by atoms with van der Waals surface area (Å²) >= 11 is 0. The summed E-state index contributed by atoms with van der Waals surface area (Å²) < 4.78 is 24.5. The summed E-state index contributed by atoms with van der Waals surface area (Å²) in [6, 6.07) is 0.454. The van der Waals surface area contributed by atoms with Gasteiger partial charge in [-0.1, -0.05) is 0 Å². The minimum Gasteiger partial charge on any atom is -0.314 e. The van der Waals surface area contributed by atoms with E-state index in [1.54, 1.807) is 4.31 Å². The molecule has 2 aliphatic rings. The van der Waals surface area contributed by atoms with Gasteiger partial charge in [0.05, 0.1) is 6.26 Å². The molecule has 2 saturated heterocycles. The van der Waals surface area contributed by atoms with Gasteiger partial charge in [-0.25, -0.2) is 12.7 Å². The molecule has 0 radical (unpaired) electrons. The lowest BCUT2D eigenvalue weighted by atomic mass is 9.82. The van der Waals surface area contributed by atoms with E-state index < -0.39 is 10.0 Å². The van der Waals surface area contributed by atoms with E-state index in [-0.39, 0.29) is 0 Å². The van der Waals surface area contributed by atoms with Gasteiger partial charge in [0.2, 0.25) is 10.0 Å². The maximum Gasteiger partial charge on any atom is 0.211 e. The molecule has 0 saturated carbocycles. The zero-order valence-corrected chi connectivity index (χ0v) is 9.55. The lowest BCUT2D eigenvalue weighted by Gasteiger charge is -2.43. The van der Waals surface area contributed by atoms with Crippen molar-refractivity contribution in [2.24, 2.45) is 11.8 Å². The summed E-state index contributed by atoms with van der Waals surface area (Å²) in [5.41, 5.74) is 0. The second-order valence-corrected chi connectivity index (χ2v) is 6.62. The van der Waals surface area contributed by atoms with Gasteiger partial charge < -0.3 is 5.32 Å². The van der Waals surface area contributed by atoms with Gasteiger partial charge in [0.25, 0.3) is 0 Å². The lowest BCUT2D eigenvalue weighted by Crippen LogP contribution is -2.56. The molecule has 4 nitrogen and oxygen atoms in total. The van der Waals surface area contributed by atoms with Crippen molar-refractivity contribution in [2.45, 2.75) is 19.4 Å². The SMILES string of the molecule is C[C@@H]1NC[C@@H]2C[C@H]1CN(S(C)(=O)=O)C2. The first-order valence-corrected chi connectivity index (χ1v) is 7.00. The molecule has 0 aromatic rings. The van der Waals surface area contributed by atoms with E-state index in [1.807, 2.05) is 0 Å². The third-order valence-electron chi connectivity index (χ3n) is 3.44. The van der Waals surface area contributed by atoms with Gasteiger partial charge in [-0.15, -0.1) is 0 Å². The fraction of sp³-hybridized carbons (Fsp3) is 1.00. The lowest BCUT2D eigenvalue weighted by molar-refractivity contribution is 0.125. The minimum absolute atomic E-state index is 0.454. The average Bonchev–Trinajstić information content (AvgIpc) is 2.10. The van der Waals surface area contributed by atoms with E-state index in [9.17, 15) is 8.42 Å². The van der Waals surface area contributed by atoms with Crippen LogP contribution in [0.4, 0.5) is 0 Å². The van der Waals surface area contributed by atoms with Crippen LogP contribution in [-0.4, -0.2) is 44.7 Å². The molecular weight excluding hydrogens is 200 g/mol. The van der Waals surface area contributed by atoms with Crippen LogP contribution in [0.25, 0.3) is 0 Å². The number of nitrogens with zero attached hydrogens (tertiary/aromatic N) is 1. The van der Waals surface area contributed by atoms with E-state index in [0.29, 0.717) is 31.0 Å². The summed E-state index contributed by atoms with van der Waals surface area (Å²) in [6.07, 6.45) is 2.49. The molecule has 0 spiro atoms. The number of nitrogens with one attached hydrogen (secondary N) is 1. The fourth-order valence-electron chi connectivity index (χ4n) is 2.50. The van der Waals surface area contributed by atoms with Crippen molar-refractivity contribution in [3.63, 3.8) is 0 Å². The first-order chi connectivity index (χ1) is 6.47. The highest BCUT2D eigenvalue weighted by molar-refractivity contribution is 7.88. The van der Waals surface area contributed by atoms with Crippen LogP contribution in [0.15, 0.2) is 0 Å². The zero-order valence-electron chi connectivity index (χ0n) is 8.73. The quantitative estimate of drug-likeness (QED) is 0.667. The molecule has 2 bridgehead atoms. The Hall–Kier alpha value is -0.130. The predicted molar refractivity (Wildman–Crippen MR) is 55.5 cm³/mol. The standard InChI is InChI=1S/C9H18N2O2S/c1-7-9-3-8(4-10-7)5-11(6-9)14(2,12)13/h7-10H,3-6H2,1-2H3/t7-,8-,9-/m0/s1. The molecular formula is C9H18N2O2S. The number of rotatable bonds is 1. The Kier molecular flexibility index (Phi) is 2.57. The highest BCUT2D eigenvalue weighted by atomic mass is 32.2. The van der Waals surface area contributed by atoms with E-state index in [0.717, 1.165) is 6.54 Å². The Morgan fingerprint density at radius 1 is 1.36 bits per heavy atom. The Morgan fingerprint density at radius 2 is 2.07 bits per heavy atom. The molecule has 0 aromatic heterocycles. The van der Waals surface area contributed by atoms with Crippen LogP contribution in [0, 0.1) is 11.8 Å². The molecule has 14 heavy (non-hydrogen) atoms. The molecule has 0 unspecified atom stereocenters. The molecule has 0 amide bonds. The number of hydrogen-bond acceptors (Lipinski definition) is 3. The average molecular weight is 218 g/mol. The Bertz CT molecular complexity index is 315. The number of sulfonamides is 1. The Morgan fingerprint density at radius 3 is 2.71 bits per heavy atom. The third-order valence-corrected chi connectivity index (χ3v) is 4.68. The van der Waals surface area contributed by atoms with Crippen molar-refractivity contribution in [2.75, 3.05) is 25.9 Å². The highest BCUT2D eigenvalue weighted by Gasteiger charge is 2.37. The van der Waals surface area contributed by atoms with Gasteiger partial charge in [-0.05, 0) is 31.7 Å². The van der Waals surface area contributed by atoms with Crippen molar-refractivity contribution in [3.05, 3.63) is 0 Å². The molecule has 5 heteroatoms. The summed E-state index contributed by atoms with van der Waals surface area (Å²) in [4.78, 5) is 0. The van der Waals surface area contributed by atoms with Crippen LogP contribution in [-0.2, 0) is 10.0 Å². The van der Waals surface area contributed by atoms with Crippen LogP contribution in [0.5, 0.6) is 0 Å². The van der Waals surface area contributed by atoms with Crippen molar-refractivity contribution in [1.29, 1.82) is 0 Å². The van der Waals surface area contributed by atoms with Crippen LogP contribution >= 0.6 is 0 Å². The first-order valence-electron chi connectivity index (χ1n) is 5.15. The van der Waals surface area contributed by atoms with E-state index in [2.05, 4.69) is 12.2 Å². The molecule has 2 rings (SSSR count). The number of piperidine rings is 2. The highest BCUT2D eigenvalue weighted by Crippen LogP contribution is 2.29. The van der Waals surface area contributed by atoms with Crippen LogP contribution in [0.2, 0.25) is 0 Å². The third kappa shape index (κ3) is 1.94. The van der Waals surface area contributed by atoms with Gasteiger partial charge in [0.1, 0.15) is 0 Å². The van der Waals surface area contributed by atoms with Gasteiger partial charge in [-0.2, -0.15) is 0 Å². The fourth-order valence-corrected chi connectivity index (χ4v) is 3.45. The molecule has 2 fully saturated rings. The molecule has 0 aliphatic carbocycles. The Balaban J connectivity index is 2.13. The normalized spacial score (nSPS) is 39.7. The predicted octanol–water partition coefficient (Wildman–Crippen LogP) is -0.124. The first kappa shape index (κ1) is 10.4. The second-order valence-electron chi connectivity index (χ2n) is 4.64. The molecule has 2 aliphatic heterocycles. The second kappa shape index (κ2) is 3.47. The van der Waals surface area contributed by atoms with Crippen molar-refractivity contribution in [1.82, 2.24) is 9.62 Å². The smallest absolute Gasteiger partial charge is 0.211 e. The van der Waals surface area contributed by atoms with E-state index >= 15 is 0 Å². The number of hydrogen-bond donors (Lipinski definition) is 1. The van der Waals surface area contributed by atoms with Gasteiger partial charge >= 0.3 is 0 Å². The zero-order chi connectivity index (χ0) is 10.3. The molecule has 3 atom stereocenters. The maximum absolute atomic E-state index is 11.4. The largest absolute Gasteiger partial charge is 0.314 e. The van der Waals surface area contributed by atoms with E-state index in [1.165, 1.54) is 12.7 Å². The van der Waals surface area contributed by atoms with Crippen molar-refractivity contribution < 1.29 is 8.42 Å². The number of fused-ring (bicyclic) bond motifs is 2. The topological polar surface area (TPSA) is 49.4 Å². The monoisotopic (exact) mass is 218 g/mol. The van der Waals surface area contributed by atoms with Crippen molar-refractivity contribution >= 4 is 10.0 Å². The van der Waals surface area contributed by atoms with Crippen LogP contribution < -0.4 is 5.32 Å². The summed E-state index contributed by atoms with van der Waals surface area (Å²) in [5, 5.41) is 3.43. The Labute approximate surface area is 85.7 Å². The van der Waals surface area contributed by atoms with Gasteiger partial charge in [0, 0.05) is 19.1 Å². The van der Waals surface area contributed by atoms with Gasteiger partial charge in [0.15, 0.2) is 0 Å². The minimum atomic E-state index is -2.99. The molecule has 82 valence electrons. The van der Waals surface area contributed by atoms with Crippen LogP contribution in [0.3, 0.4) is 0 Å². The summed E-state index contributed by atoms with van der Waals surface area (Å²) in [6.45, 7) is 4.51. The summed E-state index contributed by atoms with van der Waals surface area (Å²) in [7, 11) is -2.99. The molecule has 0 aromatic carbocycles. The van der Waals surface area contributed by atoms with Gasteiger partial charge in [-0.3, -0.25) is 0 Å². The molecule has 1 N–H and O–H groups in total. The van der Waals surface area contributed by atoms with Crippen molar-refractivity contribution in [3.8, 4) is 0 Å². The maximum atomic E-state index is 11.4. The van der Waals surface area contributed by atoms with Crippen LogP contribution in [0.1, 0.15) is 13.3 Å². The summed E-state index contributed by atoms with van der Waals surface area (Å²) in [5.74, 6) is 1.01. The molecule has 2 heterocycles. The van der Waals surface area contributed by atoms with E-state index in [4.69, 9.17) is 0 Å².